The number of rotatable bonds is 7. The number of alkyl carbamates (subject to hydrolysis) is 1. The number of aliphatic hydroxyl groups is 1. The molecule has 3 N–H and O–H groups in total. The van der Waals surface area contributed by atoms with E-state index in [1.165, 1.54) is 0 Å². The highest BCUT2D eigenvalue weighted by molar-refractivity contribution is 5.67. The summed E-state index contributed by atoms with van der Waals surface area (Å²) in [5.74, 6) is 0. The lowest BCUT2D eigenvalue weighted by atomic mass is 10.2. The number of hydrogen-bond donors (Lipinski definition) is 3. The Morgan fingerprint density at radius 3 is 2.65 bits per heavy atom. The Labute approximate surface area is 101 Å². The zero-order chi connectivity index (χ0) is 12.3. The summed E-state index contributed by atoms with van der Waals surface area (Å²) < 4.78 is 5.01. The van der Waals surface area contributed by atoms with Gasteiger partial charge in [-0.15, -0.1) is 0 Å². The Morgan fingerprint density at radius 2 is 1.94 bits per heavy atom. The van der Waals surface area contributed by atoms with Crippen LogP contribution in [0.4, 0.5) is 4.79 Å². The maximum absolute atomic E-state index is 11.2. The summed E-state index contributed by atoms with van der Waals surface area (Å²) in [6.07, 6.45) is -0.431. The highest BCUT2D eigenvalue weighted by Gasteiger charge is 2.00. The standard InChI is InChI=1S/C12H18N2O3/c15-9-8-13-6-7-14-12(16)17-10-11-4-2-1-3-5-11/h1-5,13,15H,6-10H2,(H,14,16). The predicted molar refractivity (Wildman–Crippen MR) is 64.6 cm³/mol. The molecule has 0 saturated heterocycles. The summed E-state index contributed by atoms with van der Waals surface area (Å²) in [5.41, 5.74) is 0.959. The van der Waals surface area contributed by atoms with Crippen molar-refractivity contribution in [3.63, 3.8) is 0 Å². The first kappa shape index (κ1) is 13.5. The first-order valence-electron chi connectivity index (χ1n) is 5.59. The third-order valence-corrected chi connectivity index (χ3v) is 2.07. The molecule has 1 rings (SSSR count). The van der Waals surface area contributed by atoms with Gasteiger partial charge >= 0.3 is 6.09 Å². The molecule has 94 valence electrons. The van der Waals surface area contributed by atoms with Gasteiger partial charge in [-0.05, 0) is 5.56 Å². The molecule has 0 heterocycles. The summed E-state index contributed by atoms with van der Waals surface area (Å²) >= 11 is 0. The molecule has 5 nitrogen and oxygen atoms in total. The number of hydrogen-bond acceptors (Lipinski definition) is 4. The molecule has 1 aromatic carbocycles. The van der Waals surface area contributed by atoms with E-state index in [1.807, 2.05) is 30.3 Å². The van der Waals surface area contributed by atoms with Crippen molar-refractivity contribution >= 4 is 6.09 Å². The van der Waals surface area contributed by atoms with E-state index in [0.29, 0.717) is 19.6 Å². The molecule has 1 aromatic rings. The Bertz CT molecular complexity index is 317. The van der Waals surface area contributed by atoms with Crippen LogP contribution in [0.25, 0.3) is 0 Å². The minimum Gasteiger partial charge on any atom is -0.445 e. The largest absolute Gasteiger partial charge is 0.445 e. The van der Waals surface area contributed by atoms with E-state index in [1.54, 1.807) is 0 Å². The first-order chi connectivity index (χ1) is 8.33. The minimum absolute atomic E-state index is 0.0957. The number of ether oxygens (including phenoxy) is 1. The molecule has 0 aromatic heterocycles. The van der Waals surface area contributed by atoms with Crippen LogP contribution in [0.2, 0.25) is 0 Å². The monoisotopic (exact) mass is 238 g/mol. The molecule has 1 amide bonds. The van der Waals surface area contributed by atoms with Gasteiger partial charge < -0.3 is 20.5 Å². The molecule has 0 aliphatic carbocycles. The van der Waals surface area contributed by atoms with Crippen LogP contribution in [0.5, 0.6) is 0 Å². The fourth-order valence-electron chi connectivity index (χ4n) is 1.23. The van der Waals surface area contributed by atoms with E-state index in [2.05, 4.69) is 10.6 Å². The molecule has 0 saturated carbocycles. The molecule has 0 aliphatic heterocycles. The summed E-state index contributed by atoms with van der Waals surface area (Å²) in [7, 11) is 0. The van der Waals surface area contributed by atoms with E-state index in [9.17, 15) is 4.79 Å². The highest BCUT2D eigenvalue weighted by atomic mass is 16.5. The van der Waals surface area contributed by atoms with Crippen molar-refractivity contribution in [2.24, 2.45) is 0 Å². The van der Waals surface area contributed by atoms with Gasteiger partial charge in [0.05, 0.1) is 6.61 Å². The van der Waals surface area contributed by atoms with E-state index < -0.39 is 6.09 Å². The van der Waals surface area contributed by atoms with Crippen molar-refractivity contribution in [2.75, 3.05) is 26.2 Å². The fourth-order valence-corrected chi connectivity index (χ4v) is 1.23. The summed E-state index contributed by atoms with van der Waals surface area (Å²) in [6, 6.07) is 9.51. The van der Waals surface area contributed by atoms with Crippen LogP contribution in [-0.4, -0.2) is 37.4 Å². The predicted octanol–water partition coefficient (Wildman–Crippen LogP) is 0.495. The highest BCUT2D eigenvalue weighted by Crippen LogP contribution is 2.00. The smallest absolute Gasteiger partial charge is 0.407 e. The van der Waals surface area contributed by atoms with Crippen LogP contribution < -0.4 is 10.6 Å². The van der Waals surface area contributed by atoms with E-state index in [0.717, 1.165) is 5.56 Å². The number of amides is 1. The van der Waals surface area contributed by atoms with E-state index in [4.69, 9.17) is 9.84 Å². The number of carbonyl (C=O) groups is 1. The van der Waals surface area contributed by atoms with Crippen LogP contribution in [-0.2, 0) is 11.3 Å². The Kier molecular flexibility index (Phi) is 6.78. The van der Waals surface area contributed by atoms with Crippen molar-refractivity contribution < 1.29 is 14.6 Å². The quantitative estimate of drug-likeness (QED) is 0.605. The zero-order valence-electron chi connectivity index (χ0n) is 9.69. The second kappa shape index (κ2) is 8.55. The van der Waals surface area contributed by atoms with Gasteiger partial charge in [-0.2, -0.15) is 0 Å². The topological polar surface area (TPSA) is 70.6 Å². The van der Waals surface area contributed by atoms with Crippen LogP contribution >= 0.6 is 0 Å². The van der Waals surface area contributed by atoms with Gasteiger partial charge in [0.25, 0.3) is 0 Å². The molecule has 0 fully saturated rings. The molecule has 5 heteroatoms. The van der Waals surface area contributed by atoms with E-state index >= 15 is 0 Å². The maximum atomic E-state index is 11.2. The summed E-state index contributed by atoms with van der Waals surface area (Å²) in [5, 5.41) is 14.1. The Hall–Kier alpha value is -1.59. The Balaban J connectivity index is 2.05. The number of benzene rings is 1. The summed E-state index contributed by atoms with van der Waals surface area (Å²) in [6.45, 7) is 1.99. The van der Waals surface area contributed by atoms with Gasteiger partial charge in [-0.3, -0.25) is 0 Å². The lowest BCUT2D eigenvalue weighted by Gasteiger charge is -2.07. The van der Waals surface area contributed by atoms with Gasteiger partial charge in [0.1, 0.15) is 6.61 Å². The van der Waals surface area contributed by atoms with Gasteiger partial charge in [0.15, 0.2) is 0 Å². The van der Waals surface area contributed by atoms with Crippen LogP contribution in [0.15, 0.2) is 30.3 Å². The second-order valence-electron chi connectivity index (χ2n) is 3.46. The summed E-state index contributed by atoms with van der Waals surface area (Å²) in [4.78, 5) is 11.2. The van der Waals surface area contributed by atoms with Crippen LogP contribution in [0.3, 0.4) is 0 Å². The molecule has 0 radical (unpaired) electrons. The lowest BCUT2D eigenvalue weighted by Crippen LogP contribution is -2.33. The molecule has 0 atom stereocenters. The van der Waals surface area contributed by atoms with Gasteiger partial charge in [-0.25, -0.2) is 4.79 Å². The van der Waals surface area contributed by atoms with Crippen molar-refractivity contribution in [3.05, 3.63) is 35.9 Å². The van der Waals surface area contributed by atoms with Crippen molar-refractivity contribution in [1.82, 2.24) is 10.6 Å². The SMILES string of the molecule is O=C(NCCNCCO)OCc1ccccc1. The normalized spacial score (nSPS) is 9.94. The molecule has 0 aliphatic rings. The molecular weight excluding hydrogens is 220 g/mol. The number of aliphatic hydroxyl groups excluding tert-OH is 1. The van der Waals surface area contributed by atoms with Gasteiger partial charge in [0.2, 0.25) is 0 Å². The zero-order valence-corrected chi connectivity index (χ0v) is 9.69. The van der Waals surface area contributed by atoms with Crippen molar-refractivity contribution in [2.45, 2.75) is 6.61 Å². The maximum Gasteiger partial charge on any atom is 0.407 e. The molecular formula is C12H18N2O3. The average Bonchev–Trinajstić information content (AvgIpc) is 2.37. The Morgan fingerprint density at radius 1 is 1.18 bits per heavy atom. The molecule has 0 bridgehead atoms. The average molecular weight is 238 g/mol. The minimum atomic E-state index is -0.431. The third-order valence-electron chi connectivity index (χ3n) is 2.07. The van der Waals surface area contributed by atoms with Crippen molar-refractivity contribution in [1.29, 1.82) is 0 Å². The molecule has 0 spiro atoms. The lowest BCUT2D eigenvalue weighted by molar-refractivity contribution is 0.139. The third kappa shape index (κ3) is 6.55. The van der Waals surface area contributed by atoms with Gasteiger partial charge in [0, 0.05) is 19.6 Å². The van der Waals surface area contributed by atoms with Gasteiger partial charge in [-0.1, -0.05) is 30.3 Å². The molecule has 0 unspecified atom stereocenters. The number of carbonyl (C=O) groups excluding carboxylic acids is 1. The van der Waals surface area contributed by atoms with Crippen molar-refractivity contribution in [3.8, 4) is 0 Å². The van der Waals surface area contributed by atoms with E-state index in [-0.39, 0.29) is 13.2 Å². The first-order valence-corrected chi connectivity index (χ1v) is 5.59. The second-order valence-corrected chi connectivity index (χ2v) is 3.46. The van der Waals surface area contributed by atoms with Crippen LogP contribution in [0, 0.1) is 0 Å². The molecule has 17 heavy (non-hydrogen) atoms. The number of nitrogens with one attached hydrogen (secondary N) is 2. The fraction of sp³-hybridized carbons (Fsp3) is 0.417. The van der Waals surface area contributed by atoms with Crippen LogP contribution in [0.1, 0.15) is 5.56 Å².